The van der Waals surface area contributed by atoms with Crippen molar-refractivity contribution in [3.8, 4) is 0 Å². The van der Waals surface area contributed by atoms with E-state index in [1.54, 1.807) is 0 Å². The van der Waals surface area contributed by atoms with E-state index in [4.69, 9.17) is 5.73 Å². The molecule has 2 nitrogen and oxygen atoms in total. The molecule has 2 N–H and O–H groups in total. The molecule has 2 heteroatoms. The molecule has 0 radical (unpaired) electrons. The monoisotopic (exact) mass is 206 g/mol. The zero-order valence-electron chi connectivity index (χ0n) is 10.0. The van der Waals surface area contributed by atoms with Crippen molar-refractivity contribution in [3.63, 3.8) is 0 Å². The zero-order chi connectivity index (χ0) is 11.3. The Labute approximate surface area is 93.1 Å². The van der Waals surface area contributed by atoms with Crippen LogP contribution in [0.3, 0.4) is 0 Å². The Balaban J connectivity index is 2.54. The molecule has 1 unspecified atom stereocenters. The molecule has 0 saturated heterocycles. The SMILES string of the molecule is CCN(C)CCC(N)c1ccccc1C. The number of benzene rings is 1. The molecule has 0 heterocycles. The standard InChI is InChI=1S/C13H22N2/c1-4-15(3)10-9-13(14)12-8-6-5-7-11(12)2/h5-8,13H,4,9-10,14H2,1-3H3. The normalized spacial score (nSPS) is 13.1. The van der Waals surface area contributed by atoms with E-state index >= 15 is 0 Å². The van der Waals surface area contributed by atoms with Gasteiger partial charge in [-0.2, -0.15) is 0 Å². The second-order valence-corrected chi connectivity index (χ2v) is 4.15. The van der Waals surface area contributed by atoms with Crippen molar-refractivity contribution in [2.45, 2.75) is 26.3 Å². The van der Waals surface area contributed by atoms with Crippen LogP contribution >= 0.6 is 0 Å². The third-order valence-electron chi connectivity index (χ3n) is 2.95. The fourth-order valence-corrected chi connectivity index (χ4v) is 1.68. The zero-order valence-corrected chi connectivity index (χ0v) is 10.0. The van der Waals surface area contributed by atoms with E-state index in [0.29, 0.717) is 0 Å². The number of nitrogens with zero attached hydrogens (tertiary/aromatic N) is 1. The molecule has 1 rings (SSSR count). The first-order valence-electron chi connectivity index (χ1n) is 5.64. The minimum Gasteiger partial charge on any atom is -0.324 e. The van der Waals surface area contributed by atoms with Gasteiger partial charge in [0.2, 0.25) is 0 Å². The van der Waals surface area contributed by atoms with Gasteiger partial charge >= 0.3 is 0 Å². The van der Waals surface area contributed by atoms with Crippen LogP contribution in [0.4, 0.5) is 0 Å². The van der Waals surface area contributed by atoms with Crippen LogP contribution in [0, 0.1) is 6.92 Å². The van der Waals surface area contributed by atoms with E-state index in [1.807, 2.05) is 0 Å². The van der Waals surface area contributed by atoms with E-state index in [9.17, 15) is 0 Å². The van der Waals surface area contributed by atoms with Crippen LogP contribution in [0.25, 0.3) is 0 Å². The average Bonchev–Trinajstić information content (AvgIpc) is 2.26. The molecule has 0 amide bonds. The highest BCUT2D eigenvalue weighted by molar-refractivity contribution is 5.28. The maximum absolute atomic E-state index is 6.17. The van der Waals surface area contributed by atoms with Crippen molar-refractivity contribution in [3.05, 3.63) is 35.4 Å². The fraction of sp³-hybridized carbons (Fsp3) is 0.538. The predicted molar refractivity (Wildman–Crippen MR) is 65.9 cm³/mol. The Kier molecular flexibility index (Phi) is 4.79. The first kappa shape index (κ1) is 12.2. The smallest absolute Gasteiger partial charge is 0.0309 e. The third-order valence-corrected chi connectivity index (χ3v) is 2.95. The number of nitrogens with two attached hydrogens (primary N) is 1. The van der Waals surface area contributed by atoms with Gasteiger partial charge in [0.05, 0.1) is 0 Å². The molecular weight excluding hydrogens is 184 g/mol. The first-order chi connectivity index (χ1) is 7.15. The highest BCUT2D eigenvalue weighted by Crippen LogP contribution is 2.17. The summed E-state index contributed by atoms with van der Waals surface area (Å²) in [4.78, 5) is 2.29. The molecule has 0 aliphatic rings. The molecule has 0 aliphatic carbocycles. The summed E-state index contributed by atoms with van der Waals surface area (Å²) in [6.45, 7) is 6.44. The minimum atomic E-state index is 0.167. The molecule has 1 aromatic rings. The van der Waals surface area contributed by atoms with Gasteiger partial charge in [-0.05, 0) is 44.6 Å². The highest BCUT2D eigenvalue weighted by atomic mass is 15.1. The Bertz CT molecular complexity index is 296. The summed E-state index contributed by atoms with van der Waals surface area (Å²) in [5.74, 6) is 0. The molecule has 0 fully saturated rings. The molecule has 0 saturated carbocycles. The second kappa shape index (κ2) is 5.89. The third kappa shape index (κ3) is 3.65. The molecule has 0 bridgehead atoms. The summed E-state index contributed by atoms with van der Waals surface area (Å²) in [5, 5.41) is 0. The van der Waals surface area contributed by atoms with Gasteiger partial charge in [0.25, 0.3) is 0 Å². The van der Waals surface area contributed by atoms with Gasteiger partial charge in [-0.3, -0.25) is 0 Å². The second-order valence-electron chi connectivity index (χ2n) is 4.15. The maximum Gasteiger partial charge on any atom is 0.0309 e. The van der Waals surface area contributed by atoms with E-state index in [2.05, 4.69) is 50.1 Å². The molecular formula is C13H22N2. The topological polar surface area (TPSA) is 29.3 Å². The highest BCUT2D eigenvalue weighted by Gasteiger charge is 2.08. The average molecular weight is 206 g/mol. The summed E-state index contributed by atoms with van der Waals surface area (Å²) in [6.07, 6.45) is 1.02. The van der Waals surface area contributed by atoms with Crippen molar-refractivity contribution in [1.29, 1.82) is 0 Å². The summed E-state index contributed by atoms with van der Waals surface area (Å²) >= 11 is 0. The number of hydrogen-bond acceptors (Lipinski definition) is 2. The van der Waals surface area contributed by atoms with Crippen molar-refractivity contribution < 1.29 is 0 Å². The van der Waals surface area contributed by atoms with Crippen LogP contribution in [-0.4, -0.2) is 25.0 Å². The summed E-state index contributed by atoms with van der Waals surface area (Å²) in [7, 11) is 2.13. The lowest BCUT2D eigenvalue weighted by Gasteiger charge is -2.19. The van der Waals surface area contributed by atoms with Crippen molar-refractivity contribution in [1.82, 2.24) is 4.90 Å². The van der Waals surface area contributed by atoms with E-state index < -0.39 is 0 Å². The molecule has 84 valence electrons. The fourth-order valence-electron chi connectivity index (χ4n) is 1.68. The Morgan fingerprint density at radius 1 is 1.33 bits per heavy atom. The van der Waals surface area contributed by atoms with Crippen LogP contribution in [0.1, 0.15) is 30.5 Å². The molecule has 0 spiro atoms. The van der Waals surface area contributed by atoms with E-state index in [-0.39, 0.29) is 6.04 Å². The lowest BCUT2D eigenvalue weighted by atomic mass is 9.99. The number of hydrogen-bond donors (Lipinski definition) is 1. The molecule has 0 aromatic heterocycles. The van der Waals surface area contributed by atoms with Crippen LogP contribution in [0.5, 0.6) is 0 Å². The van der Waals surface area contributed by atoms with Crippen LogP contribution in [0.15, 0.2) is 24.3 Å². The Morgan fingerprint density at radius 3 is 2.60 bits per heavy atom. The Morgan fingerprint density at radius 2 is 2.00 bits per heavy atom. The van der Waals surface area contributed by atoms with Gasteiger partial charge in [-0.1, -0.05) is 31.2 Å². The van der Waals surface area contributed by atoms with E-state index in [1.165, 1.54) is 11.1 Å². The lowest BCUT2D eigenvalue weighted by Crippen LogP contribution is -2.23. The summed E-state index contributed by atoms with van der Waals surface area (Å²) < 4.78 is 0. The first-order valence-corrected chi connectivity index (χ1v) is 5.64. The van der Waals surface area contributed by atoms with Gasteiger partial charge in [0, 0.05) is 6.04 Å². The maximum atomic E-state index is 6.17. The molecule has 15 heavy (non-hydrogen) atoms. The molecule has 1 aromatic carbocycles. The van der Waals surface area contributed by atoms with Crippen LogP contribution in [-0.2, 0) is 0 Å². The minimum absolute atomic E-state index is 0.167. The predicted octanol–water partition coefficient (Wildman–Crippen LogP) is 2.34. The van der Waals surface area contributed by atoms with Crippen LogP contribution < -0.4 is 5.73 Å². The van der Waals surface area contributed by atoms with Crippen molar-refractivity contribution in [2.75, 3.05) is 20.1 Å². The van der Waals surface area contributed by atoms with Gasteiger partial charge in [-0.25, -0.2) is 0 Å². The lowest BCUT2D eigenvalue weighted by molar-refractivity contribution is 0.335. The Hall–Kier alpha value is -0.860. The molecule has 0 aliphatic heterocycles. The van der Waals surface area contributed by atoms with Crippen LogP contribution in [0.2, 0.25) is 0 Å². The van der Waals surface area contributed by atoms with Crippen molar-refractivity contribution >= 4 is 0 Å². The summed E-state index contributed by atoms with van der Waals surface area (Å²) in [6, 6.07) is 8.54. The van der Waals surface area contributed by atoms with Gasteiger partial charge in [-0.15, -0.1) is 0 Å². The van der Waals surface area contributed by atoms with Gasteiger partial charge in [0.15, 0.2) is 0 Å². The van der Waals surface area contributed by atoms with Gasteiger partial charge < -0.3 is 10.6 Å². The van der Waals surface area contributed by atoms with Crippen molar-refractivity contribution in [2.24, 2.45) is 5.73 Å². The summed E-state index contributed by atoms with van der Waals surface area (Å²) in [5.41, 5.74) is 8.75. The number of aryl methyl sites for hydroxylation is 1. The molecule has 1 atom stereocenters. The van der Waals surface area contributed by atoms with Gasteiger partial charge in [0.1, 0.15) is 0 Å². The van der Waals surface area contributed by atoms with E-state index in [0.717, 1.165) is 19.5 Å². The largest absolute Gasteiger partial charge is 0.324 e. The number of rotatable bonds is 5. The quantitative estimate of drug-likeness (QED) is 0.801.